The van der Waals surface area contributed by atoms with Crippen LogP contribution in [0.5, 0.6) is 0 Å². The summed E-state index contributed by atoms with van der Waals surface area (Å²) in [7, 11) is 0. The van der Waals surface area contributed by atoms with Gasteiger partial charge in [0.05, 0.1) is 6.42 Å². The van der Waals surface area contributed by atoms with Crippen molar-refractivity contribution in [3.63, 3.8) is 0 Å². The number of Topliss-reactive ketones (excluding diaryl/α,β-unsaturated/α-hetero) is 1. The molecule has 4 aliphatic rings. The maximum Gasteiger partial charge on any atom is 0.310 e. The molecule has 2 aromatic rings. The Morgan fingerprint density at radius 2 is 1.45 bits per heavy atom. The van der Waals surface area contributed by atoms with Gasteiger partial charge in [-0.1, -0.05) is 68.4 Å². The van der Waals surface area contributed by atoms with Gasteiger partial charge in [0, 0.05) is 17.0 Å². The van der Waals surface area contributed by atoms with Gasteiger partial charge in [-0.3, -0.25) is 14.4 Å². The number of carbonyl (C=O) groups is 3. The largest absolute Gasteiger partial charge is 0.462 e. The second-order valence-corrected chi connectivity index (χ2v) is 13.9. The van der Waals surface area contributed by atoms with Gasteiger partial charge in [0.1, 0.15) is 11.9 Å². The summed E-state index contributed by atoms with van der Waals surface area (Å²) in [5, 5.41) is 0. The summed E-state index contributed by atoms with van der Waals surface area (Å²) >= 11 is 0. The van der Waals surface area contributed by atoms with E-state index >= 15 is 0 Å². The van der Waals surface area contributed by atoms with Gasteiger partial charge in [0.15, 0.2) is 5.78 Å². The van der Waals surface area contributed by atoms with E-state index in [0.717, 1.165) is 43.1 Å². The highest BCUT2D eigenvalue weighted by Gasteiger charge is 2.60. The molecule has 2 aromatic carbocycles. The zero-order valence-electron chi connectivity index (χ0n) is 24.4. The predicted octanol–water partition coefficient (Wildman–Crippen LogP) is 7.62. The summed E-state index contributed by atoms with van der Waals surface area (Å²) in [6, 6.07) is 16.6. The van der Waals surface area contributed by atoms with Gasteiger partial charge in [-0.15, -0.1) is 0 Å². The van der Waals surface area contributed by atoms with Gasteiger partial charge in [-0.25, -0.2) is 0 Å². The molecule has 4 aliphatic carbocycles. The van der Waals surface area contributed by atoms with Crippen LogP contribution in [0.3, 0.4) is 0 Å². The van der Waals surface area contributed by atoms with E-state index in [0.29, 0.717) is 34.2 Å². The Balaban J connectivity index is 1.05. The fourth-order valence-corrected chi connectivity index (χ4v) is 9.92. The van der Waals surface area contributed by atoms with E-state index in [1.807, 2.05) is 49.4 Å². The molecule has 0 bridgehead atoms. The van der Waals surface area contributed by atoms with Gasteiger partial charge in [0.25, 0.3) is 0 Å². The minimum Gasteiger partial charge on any atom is -0.462 e. The normalized spacial score (nSPS) is 36.6. The van der Waals surface area contributed by atoms with Crippen molar-refractivity contribution in [1.29, 1.82) is 0 Å². The van der Waals surface area contributed by atoms with Gasteiger partial charge in [-0.05, 0) is 105 Å². The molecule has 40 heavy (non-hydrogen) atoms. The zero-order valence-corrected chi connectivity index (χ0v) is 24.4. The molecule has 6 rings (SSSR count). The lowest BCUT2D eigenvalue weighted by Crippen LogP contribution is -2.54. The second-order valence-electron chi connectivity index (χ2n) is 13.9. The highest BCUT2D eigenvalue weighted by Crippen LogP contribution is 2.67. The summed E-state index contributed by atoms with van der Waals surface area (Å²) in [4.78, 5) is 38.0. The molecule has 8 atom stereocenters. The Hall–Kier alpha value is -2.75. The molecule has 0 saturated heterocycles. The average Bonchev–Trinajstić information content (AvgIpc) is 3.31. The molecule has 4 heteroatoms. The van der Waals surface area contributed by atoms with Crippen molar-refractivity contribution in [2.24, 2.45) is 40.4 Å². The molecule has 4 fully saturated rings. The van der Waals surface area contributed by atoms with E-state index in [1.165, 1.54) is 32.1 Å². The number of benzene rings is 2. The molecule has 0 aliphatic heterocycles. The van der Waals surface area contributed by atoms with E-state index in [-0.39, 0.29) is 35.6 Å². The number of hydrogen-bond donors (Lipinski definition) is 0. The molecule has 4 saturated carbocycles. The molecular weight excluding hydrogens is 496 g/mol. The first-order valence-corrected chi connectivity index (χ1v) is 15.6. The quantitative estimate of drug-likeness (QED) is 0.279. The first-order chi connectivity index (χ1) is 19.2. The van der Waals surface area contributed by atoms with Gasteiger partial charge >= 0.3 is 5.97 Å². The Bertz CT molecular complexity index is 1270. The third-order valence-corrected chi connectivity index (χ3v) is 12.0. The topological polar surface area (TPSA) is 60.4 Å². The summed E-state index contributed by atoms with van der Waals surface area (Å²) in [5.74, 6) is 3.29. The molecule has 0 spiro atoms. The van der Waals surface area contributed by atoms with Crippen molar-refractivity contribution in [2.75, 3.05) is 0 Å². The molecule has 0 radical (unpaired) electrons. The standard InChI is InChI=1S/C36H44O4/c1-23(37)30-15-16-31-29-14-13-27-22-28(17-19-35(27,2)32(29)18-20-36(30,31)3)40-33(38)21-24-9-11-26(12-10-24)34(39)25-7-5-4-6-8-25/h4-12,27-32H,13-22H2,1-3H3/t27-,28-,29-,30+,31-,32+,35-,36+/m0/s1. The lowest BCUT2D eigenvalue weighted by molar-refractivity contribution is -0.162. The lowest BCUT2D eigenvalue weighted by Gasteiger charge is -2.61. The van der Waals surface area contributed by atoms with Crippen molar-refractivity contribution in [3.8, 4) is 0 Å². The smallest absolute Gasteiger partial charge is 0.310 e. The monoisotopic (exact) mass is 540 g/mol. The van der Waals surface area contributed by atoms with Crippen LogP contribution in [0.2, 0.25) is 0 Å². The maximum atomic E-state index is 12.9. The van der Waals surface area contributed by atoms with Crippen molar-refractivity contribution >= 4 is 17.5 Å². The van der Waals surface area contributed by atoms with Crippen LogP contribution < -0.4 is 0 Å². The van der Waals surface area contributed by atoms with Crippen LogP contribution in [0.1, 0.15) is 100 Å². The fourth-order valence-electron chi connectivity index (χ4n) is 9.92. The number of hydrogen-bond acceptors (Lipinski definition) is 4. The van der Waals surface area contributed by atoms with Crippen molar-refractivity contribution in [1.82, 2.24) is 0 Å². The Labute approximate surface area is 239 Å². The second kappa shape index (κ2) is 10.6. The van der Waals surface area contributed by atoms with Crippen LogP contribution in [-0.2, 0) is 20.7 Å². The molecule has 212 valence electrons. The van der Waals surface area contributed by atoms with Crippen LogP contribution in [0.25, 0.3) is 0 Å². The lowest BCUT2D eigenvalue weighted by atomic mass is 9.44. The van der Waals surface area contributed by atoms with E-state index in [1.54, 1.807) is 12.1 Å². The summed E-state index contributed by atoms with van der Waals surface area (Å²) in [6.07, 6.45) is 10.6. The first-order valence-electron chi connectivity index (χ1n) is 15.6. The highest BCUT2D eigenvalue weighted by molar-refractivity contribution is 6.08. The highest BCUT2D eigenvalue weighted by atomic mass is 16.5. The van der Waals surface area contributed by atoms with Crippen molar-refractivity contribution < 1.29 is 19.1 Å². The minimum atomic E-state index is -0.168. The van der Waals surface area contributed by atoms with E-state index in [2.05, 4.69) is 13.8 Å². The molecular formula is C36H44O4. The maximum absolute atomic E-state index is 12.9. The van der Waals surface area contributed by atoms with Crippen LogP contribution in [-0.4, -0.2) is 23.6 Å². The van der Waals surface area contributed by atoms with Crippen LogP contribution >= 0.6 is 0 Å². The first kappa shape index (κ1) is 27.4. The van der Waals surface area contributed by atoms with Crippen molar-refractivity contribution in [3.05, 3.63) is 71.3 Å². The van der Waals surface area contributed by atoms with E-state index in [9.17, 15) is 14.4 Å². The summed E-state index contributed by atoms with van der Waals surface area (Å²) in [5.41, 5.74) is 2.70. The van der Waals surface area contributed by atoms with Gasteiger partial charge in [-0.2, -0.15) is 0 Å². The number of ketones is 2. The third kappa shape index (κ3) is 4.76. The zero-order chi connectivity index (χ0) is 28.1. The van der Waals surface area contributed by atoms with Crippen LogP contribution in [0.15, 0.2) is 54.6 Å². The molecule has 0 aromatic heterocycles. The Morgan fingerprint density at radius 3 is 2.17 bits per heavy atom. The molecule has 0 amide bonds. The van der Waals surface area contributed by atoms with E-state index < -0.39 is 0 Å². The minimum absolute atomic E-state index is 0.00323. The Morgan fingerprint density at radius 1 is 0.775 bits per heavy atom. The predicted molar refractivity (Wildman–Crippen MR) is 156 cm³/mol. The van der Waals surface area contributed by atoms with Crippen LogP contribution in [0.4, 0.5) is 0 Å². The summed E-state index contributed by atoms with van der Waals surface area (Å²) < 4.78 is 6.05. The van der Waals surface area contributed by atoms with E-state index in [4.69, 9.17) is 4.74 Å². The molecule has 0 N–H and O–H groups in total. The Kier molecular flexibility index (Phi) is 7.25. The molecule has 4 nitrogen and oxygen atoms in total. The van der Waals surface area contributed by atoms with Crippen LogP contribution in [0, 0.1) is 40.4 Å². The number of ether oxygens (including phenoxy) is 1. The number of esters is 1. The number of rotatable bonds is 6. The van der Waals surface area contributed by atoms with Gasteiger partial charge in [0.2, 0.25) is 0 Å². The van der Waals surface area contributed by atoms with Gasteiger partial charge < -0.3 is 4.74 Å². The molecule has 0 heterocycles. The number of carbonyl (C=O) groups excluding carboxylic acids is 3. The third-order valence-electron chi connectivity index (χ3n) is 12.0. The number of fused-ring (bicyclic) bond motifs is 5. The summed E-state index contributed by atoms with van der Waals surface area (Å²) in [6.45, 7) is 6.77. The SMILES string of the molecule is CC(=O)[C@H]1CC[C@H]2[C@@H]3CC[C@H]4C[C@@H](OC(=O)Cc5ccc(C(=O)c6ccccc6)cc5)CC[C@]4(C)[C@@H]3CC[C@]12C. The average molecular weight is 541 g/mol. The fraction of sp³-hybridized carbons (Fsp3) is 0.583. The molecule has 0 unspecified atom stereocenters. The van der Waals surface area contributed by atoms with Crippen molar-refractivity contribution in [2.45, 2.75) is 91.1 Å².